The molecule has 1 fully saturated rings. The molecule has 0 bridgehead atoms. The van der Waals surface area contributed by atoms with Gasteiger partial charge in [0.2, 0.25) is 5.95 Å². The summed E-state index contributed by atoms with van der Waals surface area (Å²) in [5, 5.41) is 0.519. The number of nitrogens with two attached hydrogens (primary N) is 1. The van der Waals surface area contributed by atoms with Crippen LogP contribution in [0.15, 0.2) is 30.3 Å². The van der Waals surface area contributed by atoms with Crippen LogP contribution < -0.4 is 15.4 Å². The predicted octanol–water partition coefficient (Wildman–Crippen LogP) is 3.90. The van der Waals surface area contributed by atoms with E-state index in [0.29, 0.717) is 34.3 Å². The van der Waals surface area contributed by atoms with E-state index in [4.69, 9.17) is 22.1 Å². The Morgan fingerprint density at radius 3 is 2.72 bits per heavy atom. The molecule has 4 rings (SSSR count). The lowest BCUT2D eigenvalue weighted by molar-refractivity contribution is 0.243. The SMILES string of the molecule is COc1cc(Cl)ccc1Cn1c(N2CC[C@@H](F)[C@H](N)C2)nc2cc(F)c(F)cc21. The van der Waals surface area contributed by atoms with Crippen LogP contribution in [0.4, 0.5) is 19.1 Å². The summed E-state index contributed by atoms with van der Waals surface area (Å²) in [5.74, 6) is -0.902. The molecule has 154 valence electrons. The van der Waals surface area contributed by atoms with E-state index in [0.717, 1.165) is 17.7 Å². The molecule has 9 heteroatoms. The smallest absolute Gasteiger partial charge is 0.206 e. The van der Waals surface area contributed by atoms with E-state index >= 15 is 0 Å². The number of benzene rings is 2. The van der Waals surface area contributed by atoms with Crippen LogP contribution in [0.5, 0.6) is 5.75 Å². The number of halogens is 4. The molecule has 0 saturated carbocycles. The predicted molar refractivity (Wildman–Crippen MR) is 106 cm³/mol. The molecule has 29 heavy (non-hydrogen) atoms. The number of hydrogen-bond acceptors (Lipinski definition) is 4. The van der Waals surface area contributed by atoms with Gasteiger partial charge in [0.15, 0.2) is 11.6 Å². The Morgan fingerprint density at radius 1 is 1.24 bits per heavy atom. The summed E-state index contributed by atoms with van der Waals surface area (Å²) >= 11 is 6.05. The third kappa shape index (κ3) is 3.74. The van der Waals surface area contributed by atoms with Gasteiger partial charge in [-0.2, -0.15) is 0 Å². The van der Waals surface area contributed by atoms with Crippen LogP contribution >= 0.6 is 11.6 Å². The Morgan fingerprint density at radius 2 is 2.00 bits per heavy atom. The summed E-state index contributed by atoms with van der Waals surface area (Å²) in [6.07, 6.45) is -0.826. The maximum absolute atomic E-state index is 14.0. The Kier molecular flexibility index (Phi) is 5.31. The maximum Gasteiger partial charge on any atom is 0.206 e. The average molecular weight is 425 g/mol. The highest BCUT2D eigenvalue weighted by Gasteiger charge is 2.29. The molecule has 1 aromatic heterocycles. The number of nitrogens with zero attached hydrogens (tertiary/aromatic N) is 3. The Balaban J connectivity index is 1.83. The molecule has 0 amide bonds. The van der Waals surface area contributed by atoms with Gasteiger partial charge in [-0.1, -0.05) is 17.7 Å². The molecular weight excluding hydrogens is 405 g/mol. The molecule has 0 radical (unpaired) electrons. The largest absolute Gasteiger partial charge is 0.496 e. The van der Waals surface area contributed by atoms with Crippen molar-refractivity contribution in [2.24, 2.45) is 5.73 Å². The first kappa shape index (κ1) is 19.8. The first-order chi connectivity index (χ1) is 13.9. The summed E-state index contributed by atoms with van der Waals surface area (Å²) in [6, 6.07) is 6.73. The lowest BCUT2D eigenvalue weighted by atomic mass is 10.1. The Hall–Kier alpha value is -2.45. The molecule has 2 atom stereocenters. The fraction of sp³-hybridized carbons (Fsp3) is 0.350. The van der Waals surface area contributed by atoms with Crippen molar-refractivity contribution in [3.05, 3.63) is 52.6 Å². The zero-order valence-electron chi connectivity index (χ0n) is 15.7. The van der Waals surface area contributed by atoms with Gasteiger partial charge in [-0.25, -0.2) is 18.2 Å². The van der Waals surface area contributed by atoms with E-state index in [-0.39, 0.29) is 19.5 Å². The normalized spacial score (nSPS) is 19.7. The minimum Gasteiger partial charge on any atom is -0.496 e. The van der Waals surface area contributed by atoms with Crippen LogP contribution in [0.3, 0.4) is 0 Å². The molecule has 3 aromatic rings. The van der Waals surface area contributed by atoms with Crippen LogP contribution in [0.1, 0.15) is 12.0 Å². The zero-order valence-corrected chi connectivity index (χ0v) is 16.5. The third-order valence-electron chi connectivity index (χ3n) is 5.20. The topological polar surface area (TPSA) is 56.3 Å². The van der Waals surface area contributed by atoms with Crippen LogP contribution in [0, 0.1) is 11.6 Å². The molecule has 1 aliphatic rings. The van der Waals surface area contributed by atoms with Gasteiger partial charge in [-0.3, -0.25) is 0 Å². The molecule has 5 nitrogen and oxygen atoms in total. The number of fused-ring (bicyclic) bond motifs is 1. The second-order valence-corrected chi connectivity index (χ2v) is 7.56. The molecule has 2 N–H and O–H groups in total. The van der Waals surface area contributed by atoms with Gasteiger partial charge in [0.1, 0.15) is 11.9 Å². The van der Waals surface area contributed by atoms with Gasteiger partial charge in [-0.05, 0) is 18.6 Å². The van der Waals surface area contributed by atoms with E-state index in [1.165, 1.54) is 7.11 Å². The van der Waals surface area contributed by atoms with Gasteiger partial charge in [-0.15, -0.1) is 0 Å². The summed E-state index contributed by atoms with van der Waals surface area (Å²) in [7, 11) is 1.53. The van der Waals surface area contributed by atoms with E-state index < -0.39 is 23.8 Å². The third-order valence-corrected chi connectivity index (χ3v) is 5.44. The van der Waals surface area contributed by atoms with Crippen molar-refractivity contribution in [3.63, 3.8) is 0 Å². The Bertz CT molecular complexity index is 1060. The molecule has 0 unspecified atom stereocenters. The summed E-state index contributed by atoms with van der Waals surface area (Å²) in [4.78, 5) is 6.35. The van der Waals surface area contributed by atoms with E-state index in [1.807, 2.05) is 4.90 Å². The first-order valence-electron chi connectivity index (χ1n) is 9.19. The van der Waals surface area contributed by atoms with Crippen molar-refractivity contribution in [1.29, 1.82) is 0 Å². The van der Waals surface area contributed by atoms with E-state index in [9.17, 15) is 13.2 Å². The summed E-state index contributed by atoms with van der Waals surface area (Å²) in [6.45, 7) is 0.941. The minimum absolute atomic E-state index is 0.257. The fourth-order valence-corrected chi connectivity index (χ4v) is 3.82. The van der Waals surface area contributed by atoms with Crippen molar-refractivity contribution in [2.75, 3.05) is 25.1 Å². The molecule has 0 aliphatic carbocycles. The van der Waals surface area contributed by atoms with Crippen molar-refractivity contribution in [1.82, 2.24) is 9.55 Å². The second-order valence-electron chi connectivity index (χ2n) is 7.12. The standard InChI is InChI=1S/C20H20ClF3N4O/c1-29-19-6-12(21)3-2-11(19)9-28-18-8-15(24)14(23)7-17(18)26-20(28)27-5-4-13(22)16(25)10-27/h2-3,6-8,13,16H,4-5,9-10,25H2,1H3/t13-,16-/m1/s1. The minimum atomic E-state index is -1.09. The lowest BCUT2D eigenvalue weighted by Crippen LogP contribution is -2.50. The van der Waals surface area contributed by atoms with Crippen LogP contribution in [-0.2, 0) is 6.54 Å². The van der Waals surface area contributed by atoms with Crippen LogP contribution in [0.2, 0.25) is 5.02 Å². The number of ether oxygens (including phenoxy) is 1. The van der Waals surface area contributed by atoms with E-state index in [2.05, 4.69) is 4.98 Å². The molecule has 2 heterocycles. The summed E-state index contributed by atoms with van der Waals surface area (Å²) < 4.78 is 48.8. The number of imidazole rings is 1. The lowest BCUT2D eigenvalue weighted by Gasteiger charge is -2.34. The quantitative estimate of drug-likeness (QED) is 0.690. The highest BCUT2D eigenvalue weighted by molar-refractivity contribution is 6.30. The second kappa shape index (κ2) is 7.76. The molecule has 2 aromatic carbocycles. The monoisotopic (exact) mass is 424 g/mol. The van der Waals surface area contributed by atoms with E-state index in [1.54, 1.807) is 22.8 Å². The van der Waals surface area contributed by atoms with Gasteiger partial charge in [0, 0.05) is 35.8 Å². The number of alkyl halides is 1. The number of piperidine rings is 1. The van der Waals surface area contributed by atoms with Gasteiger partial charge >= 0.3 is 0 Å². The highest BCUT2D eigenvalue weighted by Crippen LogP contribution is 2.31. The fourth-order valence-electron chi connectivity index (χ4n) is 3.66. The van der Waals surface area contributed by atoms with Gasteiger partial charge in [0.05, 0.1) is 30.7 Å². The van der Waals surface area contributed by atoms with Gasteiger partial charge < -0.3 is 19.9 Å². The van der Waals surface area contributed by atoms with Crippen molar-refractivity contribution in [2.45, 2.75) is 25.2 Å². The van der Waals surface area contributed by atoms with Crippen LogP contribution in [-0.4, -0.2) is 42.0 Å². The number of aromatic nitrogens is 2. The number of hydrogen-bond donors (Lipinski definition) is 1. The van der Waals surface area contributed by atoms with Crippen LogP contribution in [0.25, 0.3) is 11.0 Å². The molecule has 1 aliphatic heterocycles. The van der Waals surface area contributed by atoms with Crippen molar-refractivity contribution >= 4 is 28.6 Å². The first-order valence-corrected chi connectivity index (χ1v) is 9.57. The number of methoxy groups -OCH3 is 1. The van der Waals surface area contributed by atoms with Crippen molar-refractivity contribution in [3.8, 4) is 5.75 Å². The number of rotatable bonds is 4. The summed E-state index contributed by atoms with van der Waals surface area (Å²) in [5.41, 5.74) is 7.42. The van der Waals surface area contributed by atoms with Crippen molar-refractivity contribution < 1.29 is 17.9 Å². The molecular formula is C20H20ClF3N4O. The maximum atomic E-state index is 14.0. The average Bonchev–Trinajstić information content (AvgIpc) is 3.03. The molecule has 1 saturated heterocycles. The van der Waals surface area contributed by atoms with Gasteiger partial charge in [0.25, 0.3) is 0 Å². The highest BCUT2D eigenvalue weighted by atomic mass is 35.5. The zero-order chi connectivity index (χ0) is 20.7. The Labute approximate surface area is 170 Å². The number of anilines is 1. The molecule has 0 spiro atoms.